The summed E-state index contributed by atoms with van der Waals surface area (Å²) >= 11 is 0. The fourth-order valence-electron chi connectivity index (χ4n) is 2.18. The number of rotatable bonds is 11. The van der Waals surface area contributed by atoms with E-state index in [0.29, 0.717) is 0 Å². The lowest BCUT2D eigenvalue weighted by atomic mass is 10.0. The first kappa shape index (κ1) is 17.0. The van der Waals surface area contributed by atoms with Crippen LogP contribution in [0.25, 0.3) is 0 Å². The van der Waals surface area contributed by atoms with Crippen molar-refractivity contribution in [3.63, 3.8) is 0 Å². The van der Waals surface area contributed by atoms with Crippen LogP contribution in [-0.2, 0) is 0 Å². The minimum absolute atomic E-state index is 0.0333. The van der Waals surface area contributed by atoms with Crippen molar-refractivity contribution in [1.29, 1.82) is 0 Å². The average molecular weight is 280 g/mol. The van der Waals surface area contributed by atoms with Gasteiger partial charge in [-0.2, -0.15) is 0 Å². The summed E-state index contributed by atoms with van der Waals surface area (Å²) in [6.07, 6.45) is 7.57. The van der Waals surface area contributed by atoms with Crippen molar-refractivity contribution in [2.24, 2.45) is 0 Å². The van der Waals surface area contributed by atoms with Crippen LogP contribution in [0.3, 0.4) is 0 Å². The van der Waals surface area contributed by atoms with E-state index in [2.05, 4.69) is 6.92 Å². The molecule has 0 spiro atoms. The van der Waals surface area contributed by atoms with E-state index in [9.17, 15) is 0 Å². The van der Waals surface area contributed by atoms with Gasteiger partial charge in [0, 0.05) is 5.92 Å². The highest BCUT2D eigenvalue weighted by atomic mass is 16.5. The second-order valence-corrected chi connectivity index (χ2v) is 5.25. The predicted octanol–water partition coefficient (Wildman–Crippen LogP) is 3.49. The Kier molecular flexibility index (Phi) is 9.09. The van der Waals surface area contributed by atoms with Crippen LogP contribution in [0.1, 0.15) is 56.9 Å². The molecule has 0 aromatic heterocycles. The molecule has 0 radical (unpaired) electrons. The van der Waals surface area contributed by atoms with Crippen molar-refractivity contribution < 1.29 is 14.9 Å². The normalized spacial score (nSPS) is 11.0. The van der Waals surface area contributed by atoms with Crippen LogP contribution in [0, 0.1) is 0 Å². The van der Waals surface area contributed by atoms with Gasteiger partial charge < -0.3 is 14.9 Å². The van der Waals surface area contributed by atoms with Gasteiger partial charge in [-0.05, 0) is 24.1 Å². The largest absolute Gasteiger partial charge is 0.494 e. The van der Waals surface area contributed by atoms with Crippen LogP contribution in [0.5, 0.6) is 5.75 Å². The number of unbranched alkanes of at least 4 members (excludes halogenated alkanes) is 5. The first-order chi connectivity index (χ1) is 9.81. The summed E-state index contributed by atoms with van der Waals surface area (Å²) in [5.74, 6) is 0.666. The lowest BCUT2D eigenvalue weighted by Crippen LogP contribution is -2.08. The molecule has 0 saturated carbocycles. The van der Waals surface area contributed by atoms with E-state index in [1.54, 1.807) is 0 Å². The molecule has 0 unspecified atom stereocenters. The Morgan fingerprint density at radius 3 is 2.10 bits per heavy atom. The van der Waals surface area contributed by atoms with Gasteiger partial charge >= 0.3 is 0 Å². The minimum Gasteiger partial charge on any atom is -0.494 e. The monoisotopic (exact) mass is 280 g/mol. The summed E-state index contributed by atoms with van der Waals surface area (Å²) in [6, 6.07) is 7.64. The van der Waals surface area contributed by atoms with E-state index in [1.807, 2.05) is 24.3 Å². The summed E-state index contributed by atoms with van der Waals surface area (Å²) in [5, 5.41) is 18.2. The number of ether oxygens (including phenoxy) is 1. The average Bonchev–Trinajstić information content (AvgIpc) is 2.49. The quantitative estimate of drug-likeness (QED) is 0.610. The molecule has 114 valence electrons. The Labute approximate surface area is 122 Å². The van der Waals surface area contributed by atoms with Crippen molar-refractivity contribution in [3.05, 3.63) is 29.8 Å². The number of aliphatic hydroxyl groups excluding tert-OH is 2. The maximum atomic E-state index is 9.12. The third kappa shape index (κ3) is 6.40. The summed E-state index contributed by atoms with van der Waals surface area (Å²) in [5.41, 5.74) is 0.946. The lowest BCUT2D eigenvalue weighted by molar-refractivity contribution is 0.192. The van der Waals surface area contributed by atoms with Crippen LogP contribution in [-0.4, -0.2) is 30.0 Å². The Hall–Kier alpha value is -1.06. The fraction of sp³-hybridized carbons (Fsp3) is 0.647. The first-order valence-corrected chi connectivity index (χ1v) is 7.76. The van der Waals surface area contributed by atoms with Gasteiger partial charge in [0.15, 0.2) is 0 Å². The third-order valence-electron chi connectivity index (χ3n) is 3.56. The van der Waals surface area contributed by atoms with E-state index < -0.39 is 0 Å². The molecule has 3 heteroatoms. The molecule has 1 aromatic rings. The first-order valence-electron chi connectivity index (χ1n) is 7.76. The maximum Gasteiger partial charge on any atom is 0.119 e. The molecule has 1 aromatic carbocycles. The lowest BCUT2D eigenvalue weighted by Gasteiger charge is -2.12. The molecular formula is C17H28O3. The molecule has 0 aliphatic heterocycles. The molecule has 0 bridgehead atoms. The molecule has 0 atom stereocenters. The van der Waals surface area contributed by atoms with Crippen molar-refractivity contribution in [1.82, 2.24) is 0 Å². The van der Waals surface area contributed by atoms with Crippen LogP contribution >= 0.6 is 0 Å². The maximum absolute atomic E-state index is 9.12. The Morgan fingerprint density at radius 1 is 0.900 bits per heavy atom. The number of hydrogen-bond acceptors (Lipinski definition) is 3. The van der Waals surface area contributed by atoms with Crippen LogP contribution in [0.15, 0.2) is 24.3 Å². The number of hydrogen-bond donors (Lipinski definition) is 2. The topological polar surface area (TPSA) is 49.7 Å². The summed E-state index contributed by atoms with van der Waals surface area (Å²) in [4.78, 5) is 0. The summed E-state index contributed by atoms with van der Waals surface area (Å²) in [6.45, 7) is 2.92. The van der Waals surface area contributed by atoms with Crippen LogP contribution in [0.2, 0.25) is 0 Å². The molecule has 0 aliphatic carbocycles. The van der Waals surface area contributed by atoms with Crippen molar-refractivity contribution in [2.45, 2.75) is 51.4 Å². The highest BCUT2D eigenvalue weighted by Gasteiger charge is 2.08. The van der Waals surface area contributed by atoms with E-state index >= 15 is 0 Å². The highest BCUT2D eigenvalue weighted by Crippen LogP contribution is 2.19. The smallest absolute Gasteiger partial charge is 0.119 e. The summed E-state index contributed by atoms with van der Waals surface area (Å²) < 4.78 is 5.69. The number of aliphatic hydroxyl groups is 2. The highest BCUT2D eigenvalue weighted by molar-refractivity contribution is 5.29. The van der Waals surface area contributed by atoms with Gasteiger partial charge in [-0.3, -0.25) is 0 Å². The Bertz CT molecular complexity index is 331. The van der Waals surface area contributed by atoms with Crippen molar-refractivity contribution >= 4 is 0 Å². The molecule has 3 nitrogen and oxygen atoms in total. The van der Waals surface area contributed by atoms with Gasteiger partial charge in [-0.1, -0.05) is 51.2 Å². The summed E-state index contributed by atoms with van der Waals surface area (Å²) in [7, 11) is 0. The standard InChI is InChI=1S/C17H28O3/c1-2-3-4-5-6-7-12-20-17-10-8-15(9-11-17)16(13-18)14-19/h8-11,16,18-19H,2-7,12-14H2,1H3. The van der Waals surface area contributed by atoms with Gasteiger partial charge in [0.1, 0.15) is 5.75 Å². The van der Waals surface area contributed by atoms with Gasteiger partial charge in [-0.25, -0.2) is 0 Å². The SMILES string of the molecule is CCCCCCCCOc1ccc(C(CO)CO)cc1. The van der Waals surface area contributed by atoms with E-state index in [-0.39, 0.29) is 19.1 Å². The van der Waals surface area contributed by atoms with Gasteiger partial charge in [0.05, 0.1) is 19.8 Å². The zero-order valence-electron chi connectivity index (χ0n) is 12.6. The Balaban J connectivity index is 2.21. The molecule has 20 heavy (non-hydrogen) atoms. The Morgan fingerprint density at radius 2 is 1.50 bits per heavy atom. The van der Waals surface area contributed by atoms with E-state index in [1.165, 1.54) is 32.1 Å². The zero-order chi connectivity index (χ0) is 14.6. The third-order valence-corrected chi connectivity index (χ3v) is 3.56. The fourth-order valence-corrected chi connectivity index (χ4v) is 2.18. The van der Waals surface area contributed by atoms with Crippen LogP contribution in [0.4, 0.5) is 0 Å². The van der Waals surface area contributed by atoms with Gasteiger partial charge in [0.2, 0.25) is 0 Å². The van der Waals surface area contributed by atoms with E-state index in [0.717, 1.165) is 24.3 Å². The van der Waals surface area contributed by atoms with Crippen molar-refractivity contribution in [2.75, 3.05) is 19.8 Å². The minimum atomic E-state index is -0.192. The van der Waals surface area contributed by atoms with E-state index in [4.69, 9.17) is 14.9 Å². The zero-order valence-corrected chi connectivity index (χ0v) is 12.6. The molecule has 0 aliphatic rings. The predicted molar refractivity (Wildman–Crippen MR) is 82.2 cm³/mol. The molecule has 1 rings (SSSR count). The molecule has 0 saturated heterocycles. The van der Waals surface area contributed by atoms with Gasteiger partial charge in [-0.15, -0.1) is 0 Å². The molecule has 0 heterocycles. The van der Waals surface area contributed by atoms with Crippen molar-refractivity contribution in [3.8, 4) is 5.75 Å². The van der Waals surface area contributed by atoms with Crippen LogP contribution < -0.4 is 4.74 Å². The molecule has 2 N–H and O–H groups in total. The van der Waals surface area contributed by atoms with Gasteiger partial charge in [0.25, 0.3) is 0 Å². The second-order valence-electron chi connectivity index (χ2n) is 5.25. The molecular weight excluding hydrogens is 252 g/mol. The molecule has 0 amide bonds. The molecule has 0 fully saturated rings. The number of benzene rings is 1. The second kappa shape index (κ2) is 10.7.